The third kappa shape index (κ3) is 6.73. The van der Waals surface area contributed by atoms with Crippen molar-refractivity contribution in [3.05, 3.63) is 40.8 Å². The SMILES string of the molecule is CCCCN=C1S/C(=C\C(=O)Nc2ccc(C(=O)OCC)cc2)C(=O)N1CCCC. The predicted molar refractivity (Wildman–Crippen MR) is 121 cm³/mol. The normalized spacial score (nSPS) is 16.4. The Labute approximate surface area is 182 Å². The highest BCUT2D eigenvalue weighted by atomic mass is 32.2. The van der Waals surface area contributed by atoms with Crippen LogP contribution in [0.1, 0.15) is 56.8 Å². The zero-order valence-corrected chi connectivity index (χ0v) is 18.6. The molecule has 162 valence electrons. The van der Waals surface area contributed by atoms with E-state index >= 15 is 0 Å². The van der Waals surface area contributed by atoms with Crippen molar-refractivity contribution in [2.24, 2.45) is 4.99 Å². The van der Waals surface area contributed by atoms with Crippen LogP contribution in [0, 0.1) is 0 Å². The third-order valence-corrected chi connectivity index (χ3v) is 5.35. The van der Waals surface area contributed by atoms with Crippen molar-refractivity contribution in [2.45, 2.75) is 46.5 Å². The van der Waals surface area contributed by atoms with Gasteiger partial charge in [-0.15, -0.1) is 0 Å². The summed E-state index contributed by atoms with van der Waals surface area (Å²) < 4.78 is 4.94. The van der Waals surface area contributed by atoms with Gasteiger partial charge in [0, 0.05) is 24.9 Å². The van der Waals surface area contributed by atoms with E-state index in [1.807, 2.05) is 0 Å². The van der Waals surface area contributed by atoms with Crippen molar-refractivity contribution < 1.29 is 19.1 Å². The number of aliphatic imine (C=N–C) groups is 1. The van der Waals surface area contributed by atoms with Gasteiger partial charge < -0.3 is 10.1 Å². The molecule has 0 radical (unpaired) electrons. The molecular weight excluding hydrogens is 402 g/mol. The number of benzene rings is 1. The molecule has 1 saturated heterocycles. The van der Waals surface area contributed by atoms with Crippen LogP contribution >= 0.6 is 11.8 Å². The Hall–Kier alpha value is -2.61. The molecular formula is C22H29N3O4S. The number of amides is 2. The van der Waals surface area contributed by atoms with E-state index in [9.17, 15) is 14.4 Å². The summed E-state index contributed by atoms with van der Waals surface area (Å²) in [7, 11) is 0. The number of amidine groups is 1. The lowest BCUT2D eigenvalue weighted by atomic mass is 10.2. The van der Waals surface area contributed by atoms with Crippen molar-refractivity contribution in [1.82, 2.24) is 4.90 Å². The Balaban J connectivity index is 2.07. The number of thioether (sulfide) groups is 1. The minimum Gasteiger partial charge on any atom is -0.462 e. The summed E-state index contributed by atoms with van der Waals surface area (Å²) in [6.07, 6.45) is 5.16. The largest absolute Gasteiger partial charge is 0.462 e. The van der Waals surface area contributed by atoms with Gasteiger partial charge in [0.05, 0.1) is 17.1 Å². The molecule has 1 aliphatic rings. The van der Waals surface area contributed by atoms with Gasteiger partial charge in [0.15, 0.2) is 5.17 Å². The Bertz CT molecular complexity index is 818. The van der Waals surface area contributed by atoms with Gasteiger partial charge in [-0.2, -0.15) is 0 Å². The number of nitrogens with zero attached hydrogens (tertiary/aromatic N) is 2. The summed E-state index contributed by atoms with van der Waals surface area (Å²) in [6.45, 7) is 7.47. The number of rotatable bonds is 10. The molecule has 7 nitrogen and oxygen atoms in total. The fourth-order valence-corrected chi connectivity index (χ4v) is 3.67. The van der Waals surface area contributed by atoms with E-state index in [1.54, 1.807) is 36.1 Å². The van der Waals surface area contributed by atoms with Crippen molar-refractivity contribution in [2.75, 3.05) is 25.0 Å². The lowest BCUT2D eigenvalue weighted by Gasteiger charge is -2.14. The summed E-state index contributed by atoms with van der Waals surface area (Å²) in [5.74, 6) is -0.996. The van der Waals surface area contributed by atoms with Gasteiger partial charge in [-0.1, -0.05) is 26.7 Å². The average Bonchev–Trinajstić information content (AvgIpc) is 3.01. The van der Waals surface area contributed by atoms with Crippen LogP contribution in [0.4, 0.5) is 5.69 Å². The van der Waals surface area contributed by atoms with Crippen molar-refractivity contribution in [1.29, 1.82) is 0 Å². The fourth-order valence-electron chi connectivity index (χ4n) is 2.67. The second kappa shape index (κ2) is 12.2. The van der Waals surface area contributed by atoms with Crippen LogP contribution in [0.5, 0.6) is 0 Å². The zero-order chi connectivity index (χ0) is 21.9. The van der Waals surface area contributed by atoms with E-state index in [2.05, 4.69) is 24.2 Å². The molecule has 0 atom stereocenters. The Morgan fingerprint density at radius 1 is 1.13 bits per heavy atom. The lowest BCUT2D eigenvalue weighted by Crippen LogP contribution is -2.30. The lowest BCUT2D eigenvalue weighted by molar-refractivity contribution is -0.122. The fraction of sp³-hybridized carbons (Fsp3) is 0.455. The predicted octanol–water partition coefficient (Wildman–Crippen LogP) is 4.22. The third-order valence-electron chi connectivity index (χ3n) is 4.31. The number of nitrogens with one attached hydrogen (secondary N) is 1. The molecule has 2 amide bonds. The minimum absolute atomic E-state index is 0.184. The van der Waals surface area contributed by atoms with E-state index < -0.39 is 11.9 Å². The summed E-state index contributed by atoms with van der Waals surface area (Å²) in [5.41, 5.74) is 0.939. The molecule has 0 aromatic heterocycles. The molecule has 1 fully saturated rings. The maximum Gasteiger partial charge on any atom is 0.338 e. The molecule has 0 spiro atoms. The monoisotopic (exact) mass is 431 g/mol. The molecule has 2 rings (SSSR count). The summed E-state index contributed by atoms with van der Waals surface area (Å²) >= 11 is 1.24. The van der Waals surface area contributed by atoms with Crippen LogP contribution in [0.15, 0.2) is 40.2 Å². The molecule has 0 bridgehead atoms. The van der Waals surface area contributed by atoms with E-state index in [0.29, 0.717) is 41.0 Å². The number of carbonyl (C=O) groups excluding carboxylic acids is 3. The van der Waals surface area contributed by atoms with Crippen LogP contribution in [0.25, 0.3) is 0 Å². The number of hydrogen-bond donors (Lipinski definition) is 1. The molecule has 1 heterocycles. The van der Waals surface area contributed by atoms with Gasteiger partial charge in [-0.3, -0.25) is 19.5 Å². The molecule has 1 aromatic carbocycles. The van der Waals surface area contributed by atoms with Crippen molar-refractivity contribution in [3.63, 3.8) is 0 Å². The van der Waals surface area contributed by atoms with E-state index in [4.69, 9.17) is 4.74 Å². The number of ether oxygens (including phenoxy) is 1. The standard InChI is InChI=1S/C22H29N3O4S/c1-4-7-13-23-22-25(14-8-5-2)20(27)18(30-22)15-19(26)24-17-11-9-16(10-12-17)21(28)29-6-3/h9-12,15H,4-8,13-14H2,1-3H3,(H,24,26)/b18-15-,23-22?. The quantitative estimate of drug-likeness (QED) is 0.340. The first-order valence-corrected chi connectivity index (χ1v) is 11.2. The first-order valence-electron chi connectivity index (χ1n) is 10.3. The maximum absolute atomic E-state index is 12.7. The van der Waals surface area contributed by atoms with Gasteiger partial charge in [-0.05, 0) is 55.8 Å². The number of hydrogen-bond acceptors (Lipinski definition) is 6. The zero-order valence-electron chi connectivity index (χ0n) is 17.8. The number of unbranched alkanes of at least 4 members (excludes halogenated alkanes) is 2. The highest BCUT2D eigenvalue weighted by molar-refractivity contribution is 8.18. The second-order valence-electron chi connectivity index (χ2n) is 6.73. The second-order valence-corrected chi connectivity index (χ2v) is 7.74. The number of carbonyl (C=O) groups is 3. The first-order chi connectivity index (χ1) is 14.5. The Morgan fingerprint density at radius 3 is 2.47 bits per heavy atom. The molecule has 1 aromatic rings. The van der Waals surface area contributed by atoms with Crippen LogP contribution in [-0.2, 0) is 14.3 Å². The molecule has 1 N–H and O–H groups in total. The van der Waals surface area contributed by atoms with E-state index in [-0.39, 0.29) is 5.91 Å². The molecule has 1 aliphatic heterocycles. The first kappa shape index (κ1) is 23.7. The number of esters is 1. The smallest absolute Gasteiger partial charge is 0.338 e. The minimum atomic E-state index is -0.410. The van der Waals surface area contributed by atoms with Crippen molar-refractivity contribution in [3.8, 4) is 0 Å². The maximum atomic E-state index is 12.7. The highest BCUT2D eigenvalue weighted by Crippen LogP contribution is 2.31. The van der Waals surface area contributed by atoms with Crippen LogP contribution in [-0.4, -0.2) is 47.5 Å². The van der Waals surface area contributed by atoms with Crippen LogP contribution in [0.3, 0.4) is 0 Å². The number of anilines is 1. The summed E-state index contributed by atoms with van der Waals surface area (Å²) in [5, 5.41) is 3.39. The van der Waals surface area contributed by atoms with Gasteiger partial charge in [0.1, 0.15) is 0 Å². The van der Waals surface area contributed by atoms with Gasteiger partial charge in [0.2, 0.25) is 5.91 Å². The van der Waals surface area contributed by atoms with Gasteiger partial charge >= 0.3 is 5.97 Å². The summed E-state index contributed by atoms with van der Waals surface area (Å²) in [4.78, 5) is 43.4. The Morgan fingerprint density at radius 2 is 1.83 bits per heavy atom. The highest BCUT2D eigenvalue weighted by Gasteiger charge is 2.33. The topological polar surface area (TPSA) is 88.1 Å². The molecule has 0 aliphatic carbocycles. The van der Waals surface area contributed by atoms with Crippen LogP contribution in [0.2, 0.25) is 0 Å². The molecule has 8 heteroatoms. The molecule has 0 unspecified atom stereocenters. The molecule has 30 heavy (non-hydrogen) atoms. The van der Waals surface area contributed by atoms with E-state index in [1.165, 1.54) is 17.8 Å². The Kier molecular flexibility index (Phi) is 9.60. The van der Waals surface area contributed by atoms with Gasteiger partial charge in [-0.25, -0.2) is 4.79 Å². The average molecular weight is 432 g/mol. The van der Waals surface area contributed by atoms with Crippen LogP contribution < -0.4 is 5.32 Å². The van der Waals surface area contributed by atoms with Gasteiger partial charge in [0.25, 0.3) is 5.91 Å². The van der Waals surface area contributed by atoms with Crippen molar-refractivity contribution >= 4 is 40.4 Å². The molecule has 0 saturated carbocycles. The summed E-state index contributed by atoms with van der Waals surface area (Å²) in [6, 6.07) is 6.41. The van der Waals surface area contributed by atoms with E-state index in [0.717, 1.165) is 25.7 Å².